The Morgan fingerprint density at radius 3 is 0.913 bits per heavy atom. The summed E-state index contributed by atoms with van der Waals surface area (Å²) < 4.78 is 54.2. The summed E-state index contributed by atoms with van der Waals surface area (Å²) in [6, 6.07) is 31.9. The van der Waals surface area contributed by atoms with Crippen LogP contribution in [0.1, 0.15) is 72.2 Å². The minimum absolute atomic E-state index is 0.124. The summed E-state index contributed by atoms with van der Waals surface area (Å²) in [6.45, 7) is 12.1. The topological polar surface area (TPSA) is 151 Å². The third-order valence-electron chi connectivity index (χ3n) is 10.3. The first-order chi connectivity index (χ1) is 33.5. The van der Waals surface area contributed by atoms with Gasteiger partial charge in [0.15, 0.2) is 0 Å². The van der Waals surface area contributed by atoms with Crippen molar-refractivity contribution in [3.05, 3.63) is 142 Å². The molecule has 4 unspecified atom stereocenters. The van der Waals surface area contributed by atoms with Crippen LogP contribution in [0.4, 0.5) is 0 Å². The van der Waals surface area contributed by atoms with Gasteiger partial charge in [-0.05, 0) is 102 Å². The van der Waals surface area contributed by atoms with E-state index in [4.69, 9.17) is 42.6 Å². The maximum absolute atomic E-state index is 11.5. The minimum Gasteiger partial charge on any atom is -0.376 e. The Labute approximate surface area is 412 Å². The Bertz CT molecular complexity index is 2050. The zero-order valence-electron chi connectivity index (χ0n) is 40.8. The highest BCUT2D eigenvalue weighted by Gasteiger charge is 2.15. The first kappa shape index (κ1) is 57.6. The number of benzene rings is 4. The lowest BCUT2D eigenvalue weighted by molar-refractivity contribution is -0.117. The molecule has 0 saturated heterocycles. The van der Waals surface area contributed by atoms with Gasteiger partial charge in [0.05, 0.1) is 106 Å². The van der Waals surface area contributed by atoms with Crippen LogP contribution in [0.2, 0.25) is 0 Å². The lowest BCUT2D eigenvalue weighted by atomic mass is 10.1. The van der Waals surface area contributed by atoms with Crippen LogP contribution in [-0.2, 0) is 113 Å². The van der Waals surface area contributed by atoms with Gasteiger partial charge in [0, 0.05) is 12.8 Å². The molecular formula is C54H72O13P2. The molecule has 0 aliphatic carbocycles. The van der Waals surface area contributed by atoms with Gasteiger partial charge < -0.3 is 42.6 Å². The fraction of sp³-hybridized carbons (Fsp3) is 0.481. The van der Waals surface area contributed by atoms with Crippen LogP contribution in [0.3, 0.4) is 0 Å². The molecule has 0 spiro atoms. The quantitative estimate of drug-likeness (QED) is 0.0310. The summed E-state index contributed by atoms with van der Waals surface area (Å²) in [7, 11) is 0.566. The van der Waals surface area contributed by atoms with Crippen LogP contribution >= 0.6 is 17.2 Å². The number of carbonyl (C=O) groups is 4. The van der Waals surface area contributed by atoms with Gasteiger partial charge in [-0.15, -0.1) is 0 Å². The molecule has 15 heteroatoms. The maximum atomic E-state index is 11.5. The largest absolute Gasteiger partial charge is 0.376 e. The number of Topliss-reactive ketones (excluding diaryl/α,β-unsaturated/α-hetero) is 2. The van der Waals surface area contributed by atoms with E-state index in [-0.39, 0.29) is 66.2 Å². The van der Waals surface area contributed by atoms with E-state index in [1.807, 2.05) is 97.1 Å². The second-order valence-electron chi connectivity index (χ2n) is 16.7. The van der Waals surface area contributed by atoms with Gasteiger partial charge >= 0.3 is 0 Å². The first-order valence-electron chi connectivity index (χ1n) is 23.6. The van der Waals surface area contributed by atoms with E-state index in [0.29, 0.717) is 92.1 Å². The van der Waals surface area contributed by atoms with E-state index in [9.17, 15) is 19.2 Å². The first-order valence-corrected chi connectivity index (χ1v) is 26.0. The third kappa shape index (κ3) is 27.9. The van der Waals surface area contributed by atoms with E-state index < -0.39 is 12.2 Å². The molecule has 0 aliphatic rings. The van der Waals surface area contributed by atoms with E-state index >= 15 is 0 Å². The Morgan fingerprint density at radius 2 is 0.609 bits per heavy atom. The SMILES string of the molecule is CC(=O)Cc1ccc(COCCOCC(COCC(COCCOCc2ccc(CPC(C)=O)cc2)OCCOCc2ccc(CPC(C)=O)cc2)OCCOCc2ccc(CC(C)=O)cc2)cc1. The zero-order chi connectivity index (χ0) is 49.3. The van der Waals surface area contributed by atoms with Gasteiger partial charge in [0.1, 0.15) is 34.8 Å². The summed E-state index contributed by atoms with van der Waals surface area (Å²) >= 11 is 0. The molecule has 4 rings (SSSR count). The predicted molar refractivity (Wildman–Crippen MR) is 270 cm³/mol. The van der Waals surface area contributed by atoms with Crippen molar-refractivity contribution >= 4 is 39.8 Å². The van der Waals surface area contributed by atoms with Crippen LogP contribution in [0.5, 0.6) is 0 Å². The number of hydrogen-bond donors (Lipinski definition) is 0. The Hall–Kier alpha value is -3.94. The van der Waals surface area contributed by atoms with E-state index in [1.54, 1.807) is 27.7 Å². The van der Waals surface area contributed by atoms with Crippen molar-refractivity contribution in [1.29, 1.82) is 0 Å². The molecule has 0 saturated carbocycles. The zero-order valence-corrected chi connectivity index (χ0v) is 42.8. The van der Waals surface area contributed by atoms with Crippen molar-refractivity contribution in [3.8, 4) is 0 Å². The van der Waals surface area contributed by atoms with Crippen LogP contribution in [0, 0.1) is 0 Å². The van der Waals surface area contributed by atoms with Crippen LogP contribution in [0.15, 0.2) is 97.1 Å². The predicted octanol–water partition coefficient (Wildman–Crippen LogP) is 8.39. The highest BCUT2D eigenvalue weighted by molar-refractivity contribution is 7.57. The van der Waals surface area contributed by atoms with Crippen LogP contribution < -0.4 is 0 Å². The molecular weight excluding hydrogens is 919 g/mol. The minimum atomic E-state index is -0.399. The van der Waals surface area contributed by atoms with E-state index in [0.717, 1.165) is 56.8 Å². The van der Waals surface area contributed by atoms with Crippen molar-refractivity contribution < 1.29 is 61.8 Å². The van der Waals surface area contributed by atoms with E-state index in [1.165, 1.54) is 0 Å². The lowest BCUT2D eigenvalue weighted by Crippen LogP contribution is -2.32. The molecule has 4 aromatic carbocycles. The second-order valence-corrected chi connectivity index (χ2v) is 19.5. The van der Waals surface area contributed by atoms with Gasteiger partial charge in [-0.3, -0.25) is 19.2 Å². The molecule has 13 nitrogen and oxygen atoms in total. The molecule has 0 heterocycles. The average molecular weight is 991 g/mol. The summed E-state index contributed by atoms with van der Waals surface area (Å²) in [6.07, 6.45) is 1.56. The summed E-state index contributed by atoms with van der Waals surface area (Å²) in [5.74, 6) is 0.251. The van der Waals surface area contributed by atoms with Crippen LogP contribution in [-0.4, -0.2) is 114 Å². The Balaban J connectivity index is 1.24. The standard InChI is InChI=1S/C54H72O13P2/c1-41(55)29-45-5-9-47(10-6-45)31-59-21-23-63-35-53(66-27-25-61-33-48-11-7-46(8-12-48)30-42(2)56)37-65-38-54(67-28-26-62-34-50-15-19-52(20-16-50)40-69-44(4)58)36-64-24-22-60-32-49-13-17-51(18-14-49)39-68-43(3)57/h5-20,53-54,68-69H,21-40H2,1-4H3. The molecule has 376 valence electrons. The average Bonchev–Trinajstić information content (AvgIpc) is 3.33. The maximum Gasteiger partial charge on any atom is 0.148 e. The molecule has 69 heavy (non-hydrogen) atoms. The molecule has 4 aromatic rings. The monoisotopic (exact) mass is 990 g/mol. The Morgan fingerprint density at radius 1 is 0.348 bits per heavy atom. The Kier molecular flexibility index (Phi) is 29.4. The molecule has 0 aliphatic heterocycles. The summed E-state index contributed by atoms with van der Waals surface area (Å²) in [4.78, 5) is 45.6. The highest BCUT2D eigenvalue weighted by Crippen LogP contribution is 2.21. The van der Waals surface area contributed by atoms with Crippen LogP contribution in [0.25, 0.3) is 0 Å². The van der Waals surface area contributed by atoms with Crippen molar-refractivity contribution in [2.24, 2.45) is 0 Å². The number of rotatable bonds is 40. The third-order valence-corrected chi connectivity index (χ3v) is 12.4. The van der Waals surface area contributed by atoms with Gasteiger partial charge in [0.2, 0.25) is 0 Å². The lowest BCUT2D eigenvalue weighted by Gasteiger charge is -2.22. The van der Waals surface area contributed by atoms with Gasteiger partial charge in [-0.25, -0.2) is 0 Å². The molecule has 0 amide bonds. The number of ether oxygens (including phenoxy) is 9. The molecule has 4 atom stereocenters. The fourth-order valence-corrected chi connectivity index (χ4v) is 8.01. The normalized spacial score (nSPS) is 12.6. The van der Waals surface area contributed by atoms with Gasteiger partial charge in [0.25, 0.3) is 0 Å². The fourth-order valence-electron chi connectivity index (χ4n) is 6.63. The molecule has 0 aromatic heterocycles. The van der Waals surface area contributed by atoms with Gasteiger partial charge in [-0.2, -0.15) is 0 Å². The van der Waals surface area contributed by atoms with Crippen molar-refractivity contribution in [2.75, 3.05) is 79.3 Å². The smallest absolute Gasteiger partial charge is 0.148 e. The summed E-state index contributed by atoms with van der Waals surface area (Å²) in [5.41, 5.74) is 8.75. The van der Waals surface area contributed by atoms with Crippen molar-refractivity contribution in [2.45, 2.75) is 91.5 Å². The van der Waals surface area contributed by atoms with Gasteiger partial charge in [-0.1, -0.05) is 97.1 Å². The number of hydrogen-bond acceptors (Lipinski definition) is 13. The number of carbonyl (C=O) groups excluding carboxylic acids is 4. The highest BCUT2D eigenvalue weighted by atomic mass is 31.1. The number of ketones is 2. The molecule has 0 radical (unpaired) electrons. The molecule has 0 fully saturated rings. The van der Waals surface area contributed by atoms with E-state index in [2.05, 4.69) is 0 Å². The molecule has 0 N–H and O–H groups in total. The summed E-state index contributed by atoms with van der Waals surface area (Å²) in [5, 5.41) is 0. The van der Waals surface area contributed by atoms with Crippen molar-refractivity contribution in [1.82, 2.24) is 0 Å². The van der Waals surface area contributed by atoms with Crippen molar-refractivity contribution in [3.63, 3.8) is 0 Å². The second kappa shape index (κ2) is 35.2. The molecule has 0 bridgehead atoms.